The number of fused-ring (bicyclic) bond motifs is 1. The summed E-state index contributed by atoms with van der Waals surface area (Å²) < 4.78 is 27.0. The fourth-order valence-corrected chi connectivity index (χ4v) is 4.23. The molecule has 1 aliphatic rings. The Kier molecular flexibility index (Phi) is 3.02. The Balaban J connectivity index is 2.10. The van der Waals surface area contributed by atoms with E-state index >= 15 is 0 Å². The van der Waals surface area contributed by atoms with Gasteiger partial charge in [-0.25, -0.2) is 0 Å². The van der Waals surface area contributed by atoms with Crippen LogP contribution in [-0.4, -0.2) is 25.2 Å². The third-order valence-electron chi connectivity index (χ3n) is 3.62. The fraction of sp³-hybridized carbons (Fsp3) is 0.308. The van der Waals surface area contributed by atoms with E-state index in [0.717, 1.165) is 17.7 Å². The molecule has 1 aromatic carbocycles. The van der Waals surface area contributed by atoms with Crippen molar-refractivity contribution in [2.75, 3.05) is 10.8 Å². The first-order valence-corrected chi connectivity index (χ1v) is 7.84. The van der Waals surface area contributed by atoms with Crippen molar-refractivity contribution in [3.63, 3.8) is 0 Å². The molecule has 0 spiro atoms. The number of aromatic amines is 1. The summed E-state index contributed by atoms with van der Waals surface area (Å²) in [4.78, 5) is 0. The van der Waals surface area contributed by atoms with Crippen molar-refractivity contribution >= 4 is 15.7 Å². The van der Waals surface area contributed by atoms with Crippen LogP contribution in [0.1, 0.15) is 16.8 Å². The molecule has 3 rings (SSSR count). The van der Waals surface area contributed by atoms with E-state index in [1.165, 1.54) is 4.31 Å². The van der Waals surface area contributed by atoms with Crippen molar-refractivity contribution in [1.82, 2.24) is 10.2 Å². The molecular weight excluding hydrogens is 276 g/mol. The van der Waals surface area contributed by atoms with Gasteiger partial charge >= 0.3 is 0 Å². The van der Waals surface area contributed by atoms with Crippen LogP contribution in [0.5, 0.6) is 0 Å². The molecule has 0 radical (unpaired) electrons. The molecule has 0 unspecified atom stereocenters. The second-order valence-corrected chi connectivity index (χ2v) is 6.57. The Morgan fingerprint density at radius 1 is 1.40 bits per heavy atom. The number of nitrogens with zero attached hydrogens (tertiary/aromatic N) is 2. The van der Waals surface area contributed by atoms with Gasteiger partial charge < -0.3 is 5.73 Å². The third kappa shape index (κ3) is 1.82. The second kappa shape index (κ2) is 4.60. The summed E-state index contributed by atoms with van der Waals surface area (Å²) in [5.74, 6) is 0. The molecule has 0 fully saturated rings. The number of rotatable bonds is 3. The molecule has 0 bridgehead atoms. The Bertz CT molecular complexity index is 751. The number of aromatic nitrogens is 2. The first-order chi connectivity index (χ1) is 9.55. The molecule has 0 aliphatic carbocycles. The number of aryl methyl sites for hydroxylation is 1. The molecule has 1 aromatic heterocycles. The molecule has 7 heteroatoms. The lowest BCUT2D eigenvalue weighted by atomic mass is 10.2. The molecule has 0 saturated heterocycles. The highest BCUT2D eigenvalue weighted by atomic mass is 32.2. The highest BCUT2D eigenvalue weighted by molar-refractivity contribution is 7.92. The third-order valence-corrected chi connectivity index (χ3v) is 5.41. The lowest BCUT2D eigenvalue weighted by molar-refractivity contribution is 0.586. The van der Waals surface area contributed by atoms with Gasteiger partial charge in [0, 0.05) is 24.3 Å². The van der Waals surface area contributed by atoms with Gasteiger partial charge in [0.05, 0.1) is 5.69 Å². The number of para-hydroxylation sites is 1. The van der Waals surface area contributed by atoms with Crippen molar-refractivity contribution in [2.24, 2.45) is 5.73 Å². The van der Waals surface area contributed by atoms with Crippen LogP contribution in [0, 0.1) is 6.92 Å². The van der Waals surface area contributed by atoms with Crippen LogP contribution in [-0.2, 0) is 23.0 Å². The molecule has 20 heavy (non-hydrogen) atoms. The van der Waals surface area contributed by atoms with Crippen molar-refractivity contribution in [3.8, 4) is 0 Å². The fourth-order valence-electron chi connectivity index (χ4n) is 2.55. The highest BCUT2D eigenvalue weighted by Gasteiger charge is 2.34. The van der Waals surface area contributed by atoms with E-state index in [0.29, 0.717) is 17.8 Å². The number of anilines is 1. The Morgan fingerprint density at radius 2 is 2.15 bits per heavy atom. The molecule has 0 saturated carbocycles. The van der Waals surface area contributed by atoms with Crippen LogP contribution in [0.15, 0.2) is 29.3 Å². The van der Waals surface area contributed by atoms with Crippen LogP contribution in [0.25, 0.3) is 0 Å². The Hall–Kier alpha value is -1.86. The van der Waals surface area contributed by atoms with E-state index in [1.807, 2.05) is 24.3 Å². The van der Waals surface area contributed by atoms with Crippen LogP contribution in [0.4, 0.5) is 5.69 Å². The van der Waals surface area contributed by atoms with E-state index in [-0.39, 0.29) is 11.6 Å². The van der Waals surface area contributed by atoms with Crippen molar-refractivity contribution in [2.45, 2.75) is 24.9 Å². The molecule has 6 nitrogen and oxygen atoms in total. The minimum absolute atomic E-state index is 0.0363. The second-order valence-electron chi connectivity index (χ2n) is 4.79. The first kappa shape index (κ1) is 13.1. The Morgan fingerprint density at radius 3 is 2.90 bits per heavy atom. The number of H-pyrrole nitrogens is 1. The average Bonchev–Trinajstić information content (AvgIpc) is 3.02. The molecular formula is C13H16N4O2S. The maximum Gasteiger partial charge on any atom is 0.284 e. The molecule has 0 atom stereocenters. The standard InChI is InChI=1S/C13H16N4O2S/c1-9-11(8-14)13(16-15-9)20(18,19)17-7-6-10-4-2-3-5-12(10)17/h2-5H,6-8,14H2,1H3,(H,15,16). The quantitative estimate of drug-likeness (QED) is 0.880. The number of nitrogens with two attached hydrogens (primary N) is 1. The minimum atomic E-state index is -3.66. The van der Waals surface area contributed by atoms with Crippen LogP contribution in [0.3, 0.4) is 0 Å². The minimum Gasteiger partial charge on any atom is -0.326 e. The molecule has 3 N–H and O–H groups in total. The first-order valence-electron chi connectivity index (χ1n) is 6.40. The van der Waals surface area contributed by atoms with Crippen LogP contribution in [0.2, 0.25) is 0 Å². The zero-order chi connectivity index (χ0) is 14.3. The van der Waals surface area contributed by atoms with Crippen molar-refractivity contribution in [3.05, 3.63) is 41.1 Å². The molecule has 2 heterocycles. The summed E-state index contributed by atoms with van der Waals surface area (Å²) in [6, 6.07) is 7.53. The molecule has 2 aromatic rings. The van der Waals surface area contributed by atoms with Gasteiger partial charge in [-0.15, -0.1) is 0 Å². The van der Waals surface area contributed by atoms with Crippen LogP contribution >= 0.6 is 0 Å². The van der Waals surface area contributed by atoms with Gasteiger partial charge in [-0.3, -0.25) is 9.40 Å². The largest absolute Gasteiger partial charge is 0.326 e. The van der Waals surface area contributed by atoms with Gasteiger partial charge in [0.2, 0.25) is 5.03 Å². The van der Waals surface area contributed by atoms with Gasteiger partial charge in [-0.05, 0) is 25.0 Å². The molecule has 1 aliphatic heterocycles. The number of nitrogens with one attached hydrogen (secondary N) is 1. The normalized spacial score (nSPS) is 14.6. The zero-order valence-corrected chi connectivity index (χ0v) is 11.9. The summed E-state index contributed by atoms with van der Waals surface area (Å²) >= 11 is 0. The van der Waals surface area contributed by atoms with E-state index < -0.39 is 10.0 Å². The number of sulfonamides is 1. The SMILES string of the molecule is Cc1[nH]nc(S(=O)(=O)N2CCc3ccccc32)c1CN. The zero-order valence-electron chi connectivity index (χ0n) is 11.1. The van der Waals surface area contributed by atoms with E-state index in [2.05, 4.69) is 10.2 Å². The maximum atomic E-state index is 12.8. The summed E-state index contributed by atoms with van der Waals surface area (Å²) in [6.45, 7) is 2.36. The van der Waals surface area contributed by atoms with E-state index in [1.54, 1.807) is 6.92 Å². The van der Waals surface area contributed by atoms with Crippen LogP contribution < -0.4 is 10.0 Å². The van der Waals surface area contributed by atoms with Crippen molar-refractivity contribution < 1.29 is 8.42 Å². The van der Waals surface area contributed by atoms with Gasteiger partial charge in [-0.1, -0.05) is 18.2 Å². The number of hydrogen-bond acceptors (Lipinski definition) is 4. The van der Waals surface area contributed by atoms with Gasteiger partial charge in [0.15, 0.2) is 0 Å². The molecule has 0 amide bonds. The van der Waals surface area contributed by atoms with Gasteiger partial charge in [0.1, 0.15) is 0 Å². The summed E-state index contributed by atoms with van der Waals surface area (Å²) in [5.41, 5.74) is 8.66. The predicted octanol–water partition coefficient (Wildman–Crippen LogP) is 0.928. The van der Waals surface area contributed by atoms with E-state index in [9.17, 15) is 8.42 Å². The van der Waals surface area contributed by atoms with E-state index in [4.69, 9.17) is 5.73 Å². The van der Waals surface area contributed by atoms with Gasteiger partial charge in [0.25, 0.3) is 10.0 Å². The number of hydrogen-bond donors (Lipinski definition) is 2. The molecule has 106 valence electrons. The monoisotopic (exact) mass is 292 g/mol. The Labute approximate surface area is 117 Å². The summed E-state index contributed by atoms with van der Waals surface area (Å²) in [7, 11) is -3.66. The number of benzene rings is 1. The smallest absolute Gasteiger partial charge is 0.284 e. The summed E-state index contributed by atoms with van der Waals surface area (Å²) in [5, 5.41) is 6.68. The predicted molar refractivity (Wildman–Crippen MR) is 75.9 cm³/mol. The maximum absolute atomic E-state index is 12.8. The van der Waals surface area contributed by atoms with Gasteiger partial charge in [-0.2, -0.15) is 13.5 Å². The van der Waals surface area contributed by atoms with Crippen molar-refractivity contribution in [1.29, 1.82) is 0 Å². The lowest BCUT2D eigenvalue weighted by Gasteiger charge is -2.18. The highest BCUT2D eigenvalue weighted by Crippen LogP contribution is 2.33. The summed E-state index contributed by atoms with van der Waals surface area (Å²) in [6.07, 6.45) is 0.719. The topological polar surface area (TPSA) is 92.1 Å². The average molecular weight is 292 g/mol. The lowest BCUT2D eigenvalue weighted by Crippen LogP contribution is -2.30.